The summed E-state index contributed by atoms with van der Waals surface area (Å²) in [5.74, 6) is 0.589. The molecule has 2 N–H and O–H groups in total. The molecule has 0 aromatic rings. The van der Waals surface area contributed by atoms with Crippen LogP contribution < -0.4 is 5.73 Å². The van der Waals surface area contributed by atoms with E-state index in [1.807, 2.05) is 0 Å². The van der Waals surface area contributed by atoms with Crippen molar-refractivity contribution in [3.8, 4) is 0 Å². The largest absolute Gasteiger partial charge is 0.379 e. The Morgan fingerprint density at radius 1 is 1.50 bits per heavy atom. The van der Waals surface area contributed by atoms with E-state index in [0.717, 1.165) is 19.3 Å². The first kappa shape index (κ1) is 15.6. The zero-order valence-electron chi connectivity index (χ0n) is 12.6. The molecule has 1 aliphatic heterocycles. The van der Waals surface area contributed by atoms with Crippen molar-refractivity contribution in [2.75, 3.05) is 6.67 Å². The second-order valence-corrected chi connectivity index (χ2v) is 7.01. The first-order chi connectivity index (χ1) is 9.58. The highest BCUT2D eigenvalue weighted by molar-refractivity contribution is 8.14. The molecule has 4 atom stereocenters. The van der Waals surface area contributed by atoms with Crippen LogP contribution in [0.3, 0.4) is 0 Å². The molecule has 0 saturated heterocycles. The molecule has 4 unspecified atom stereocenters. The maximum atomic E-state index is 13.5. The average molecular weight is 296 g/mol. The van der Waals surface area contributed by atoms with Crippen molar-refractivity contribution in [2.24, 2.45) is 22.6 Å². The van der Waals surface area contributed by atoms with E-state index < -0.39 is 0 Å². The summed E-state index contributed by atoms with van der Waals surface area (Å²) in [5.41, 5.74) is 7.13. The smallest absolute Gasteiger partial charge is 0.154 e. The molecule has 0 radical (unpaired) electrons. The number of rotatable bonds is 4. The summed E-state index contributed by atoms with van der Waals surface area (Å²) in [6.07, 6.45) is 9.29. The molecule has 112 valence electrons. The molecule has 20 heavy (non-hydrogen) atoms. The Balaban J connectivity index is 2.47. The number of nitrogens with zero attached hydrogens (tertiary/aromatic N) is 1. The third kappa shape index (κ3) is 2.54. The van der Waals surface area contributed by atoms with Gasteiger partial charge in [0, 0.05) is 11.2 Å². The summed E-state index contributed by atoms with van der Waals surface area (Å²) in [6, 6.07) is 0. The number of nitrogens with two attached hydrogens (primary N) is 1. The van der Waals surface area contributed by atoms with Crippen LogP contribution in [0.1, 0.15) is 40.0 Å². The first-order valence-corrected chi connectivity index (χ1v) is 8.38. The number of amidine groups is 1. The van der Waals surface area contributed by atoms with Gasteiger partial charge in [-0.25, -0.2) is 4.39 Å². The molecule has 0 amide bonds. The lowest BCUT2D eigenvalue weighted by molar-refractivity contribution is 0.168. The number of allylic oxidation sites excluding steroid dienone is 3. The number of aliphatic imine (C=N–C) groups is 1. The lowest BCUT2D eigenvalue weighted by Gasteiger charge is -2.48. The minimum Gasteiger partial charge on any atom is -0.379 e. The van der Waals surface area contributed by atoms with Gasteiger partial charge in [0.25, 0.3) is 0 Å². The molecule has 0 bridgehead atoms. The number of thioether (sulfide) groups is 1. The number of hydrogen-bond acceptors (Lipinski definition) is 3. The average Bonchev–Trinajstić information content (AvgIpc) is 2.46. The van der Waals surface area contributed by atoms with Gasteiger partial charge in [-0.3, -0.25) is 4.99 Å². The van der Waals surface area contributed by atoms with E-state index in [2.05, 4.69) is 39.0 Å². The fourth-order valence-corrected chi connectivity index (χ4v) is 5.08. The van der Waals surface area contributed by atoms with Gasteiger partial charge < -0.3 is 5.73 Å². The highest BCUT2D eigenvalue weighted by atomic mass is 32.2. The normalized spacial score (nSPS) is 37.5. The van der Waals surface area contributed by atoms with Crippen molar-refractivity contribution in [1.82, 2.24) is 0 Å². The quantitative estimate of drug-likeness (QED) is 0.849. The van der Waals surface area contributed by atoms with E-state index in [1.165, 1.54) is 17.3 Å². The van der Waals surface area contributed by atoms with E-state index in [1.54, 1.807) is 0 Å². The molecule has 0 fully saturated rings. The fourth-order valence-electron chi connectivity index (χ4n) is 3.89. The fraction of sp³-hybridized carbons (Fsp3) is 0.688. The Morgan fingerprint density at radius 3 is 2.80 bits per heavy atom. The summed E-state index contributed by atoms with van der Waals surface area (Å²) < 4.78 is 13.5. The lowest BCUT2D eigenvalue weighted by Crippen LogP contribution is -2.52. The highest BCUT2D eigenvalue weighted by Gasteiger charge is 2.49. The van der Waals surface area contributed by atoms with E-state index in [9.17, 15) is 4.39 Å². The van der Waals surface area contributed by atoms with Crippen LogP contribution in [-0.2, 0) is 0 Å². The SMILES string of the molecule is CCC1C(CF)SC(N)=NC1(CC)C1CC=CC=C1C. The third-order valence-corrected chi connectivity index (χ3v) is 5.95. The Kier molecular flexibility index (Phi) is 4.95. The minimum atomic E-state index is -0.327. The molecule has 2 rings (SSSR count). The Hall–Kier alpha value is -0.770. The molecule has 1 heterocycles. The van der Waals surface area contributed by atoms with Crippen LogP contribution in [0.5, 0.6) is 0 Å². The molecule has 1 aliphatic carbocycles. The van der Waals surface area contributed by atoms with Crippen LogP contribution in [0.4, 0.5) is 4.39 Å². The van der Waals surface area contributed by atoms with Gasteiger partial charge in [0.1, 0.15) is 6.67 Å². The van der Waals surface area contributed by atoms with Gasteiger partial charge in [0.05, 0.1) is 5.54 Å². The molecule has 0 saturated carbocycles. The Labute approximate surface area is 125 Å². The molecule has 2 aliphatic rings. The third-order valence-electron chi connectivity index (χ3n) is 4.86. The van der Waals surface area contributed by atoms with Crippen LogP contribution in [0.2, 0.25) is 0 Å². The zero-order valence-corrected chi connectivity index (χ0v) is 13.4. The van der Waals surface area contributed by atoms with Crippen LogP contribution in [-0.4, -0.2) is 22.6 Å². The molecular weight excluding hydrogens is 271 g/mol. The van der Waals surface area contributed by atoms with E-state index in [4.69, 9.17) is 10.7 Å². The van der Waals surface area contributed by atoms with Crippen molar-refractivity contribution >= 4 is 16.9 Å². The van der Waals surface area contributed by atoms with Gasteiger partial charge >= 0.3 is 0 Å². The van der Waals surface area contributed by atoms with Crippen LogP contribution in [0, 0.1) is 11.8 Å². The van der Waals surface area contributed by atoms with Crippen molar-refractivity contribution < 1.29 is 4.39 Å². The second kappa shape index (κ2) is 6.33. The molecular formula is C16H25FN2S. The zero-order chi connectivity index (χ0) is 14.8. The summed E-state index contributed by atoms with van der Waals surface area (Å²) in [6.45, 7) is 6.14. The maximum Gasteiger partial charge on any atom is 0.154 e. The Bertz CT molecular complexity index is 444. The minimum absolute atomic E-state index is 0.0591. The van der Waals surface area contributed by atoms with E-state index in [-0.39, 0.29) is 23.4 Å². The number of halogens is 1. The summed E-state index contributed by atoms with van der Waals surface area (Å²) >= 11 is 1.42. The second-order valence-electron chi connectivity index (χ2n) is 5.75. The van der Waals surface area contributed by atoms with Crippen molar-refractivity contribution in [2.45, 2.75) is 50.8 Å². The summed E-state index contributed by atoms with van der Waals surface area (Å²) in [4.78, 5) is 4.87. The van der Waals surface area contributed by atoms with Gasteiger partial charge in [-0.15, -0.1) is 0 Å². The summed E-state index contributed by atoms with van der Waals surface area (Å²) in [5, 5.41) is 0.498. The topological polar surface area (TPSA) is 38.4 Å². The number of alkyl halides is 1. The monoisotopic (exact) mass is 296 g/mol. The van der Waals surface area contributed by atoms with Gasteiger partial charge in [-0.05, 0) is 32.1 Å². The standard InChI is InChI=1S/C16H25FN2S/c1-4-12-14(10-17)20-15(18)19-16(12,5-2)13-9-7-6-8-11(13)3/h6-8,12-14H,4-5,9-10H2,1-3H3,(H2,18,19). The highest BCUT2D eigenvalue weighted by Crippen LogP contribution is 2.49. The van der Waals surface area contributed by atoms with Crippen molar-refractivity contribution in [1.29, 1.82) is 0 Å². The molecule has 0 spiro atoms. The van der Waals surface area contributed by atoms with Crippen molar-refractivity contribution in [3.05, 3.63) is 23.8 Å². The maximum absolute atomic E-state index is 13.5. The van der Waals surface area contributed by atoms with Gasteiger partial charge in [0.15, 0.2) is 5.17 Å². The first-order valence-electron chi connectivity index (χ1n) is 7.50. The predicted octanol–water partition coefficient (Wildman–Crippen LogP) is 4.08. The molecule has 0 aromatic heterocycles. The van der Waals surface area contributed by atoms with Crippen molar-refractivity contribution in [3.63, 3.8) is 0 Å². The van der Waals surface area contributed by atoms with Crippen LogP contribution in [0.15, 0.2) is 28.8 Å². The molecule has 2 nitrogen and oxygen atoms in total. The van der Waals surface area contributed by atoms with E-state index >= 15 is 0 Å². The van der Waals surface area contributed by atoms with E-state index in [0.29, 0.717) is 11.1 Å². The predicted molar refractivity (Wildman–Crippen MR) is 86.8 cm³/mol. The van der Waals surface area contributed by atoms with Gasteiger partial charge in [-0.1, -0.05) is 49.4 Å². The van der Waals surface area contributed by atoms with Crippen LogP contribution in [0.25, 0.3) is 0 Å². The lowest BCUT2D eigenvalue weighted by atomic mass is 9.65. The van der Waals surface area contributed by atoms with Gasteiger partial charge in [-0.2, -0.15) is 0 Å². The molecule has 4 heteroatoms. The molecule has 0 aromatic carbocycles. The Morgan fingerprint density at radius 2 is 2.25 bits per heavy atom. The number of hydrogen-bond donors (Lipinski definition) is 1. The van der Waals surface area contributed by atoms with Crippen LogP contribution >= 0.6 is 11.8 Å². The summed E-state index contributed by atoms with van der Waals surface area (Å²) in [7, 11) is 0. The van der Waals surface area contributed by atoms with Gasteiger partial charge in [0.2, 0.25) is 0 Å².